The zero-order valence-corrected chi connectivity index (χ0v) is 25.1. The molecule has 0 radical (unpaired) electrons. The molecule has 3 rings (SSSR count). The van der Waals surface area contributed by atoms with Gasteiger partial charge in [-0.05, 0) is 66.8 Å². The number of aromatic nitrogens is 3. The summed E-state index contributed by atoms with van der Waals surface area (Å²) in [7, 11) is 0. The Hall–Kier alpha value is -2.36. The van der Waals surface area contributed by atoms with Gasteiger partial charge in [0.15, 0.2) is 11.0 Å². The molecule has 7 nitrogen and oxygen atoms in total. The van der Waals surface area contributed by atoms with Crippen LogP contribution in [-0.4, -0.2) is 39.0 Å². The highest BCUT2D eigenvalue weighted by atomic mass is 35.5. The molecule has 1 aromatic carbocycles. The van der Waals surface area contributed by atoms with E-state index in [1.165, 1.54) is 23.1 Å². The molecule has 10 heteroatoms. The van der Waals surface area contributed by atoms with Crippen molar-refractivity contribution in [3.8, 4) is 11.4 Å². The van der Waals surface area contributed by atoms with Crippen LogP contribution in [0.5, 0.6) is 0 Å². The zero-order valence-electron chi connectivity index (χ0n) is 22.8. The fourth-order valence-corrected chi connectivity index (χ4v) is 5.98. The first-order chi connectivity index (χ1) is 18.2. The van der Waals surface area contributed by atoms with E-state index in [4.69, 9.17) is 16.3 Å². The number of nitrogens with one attached hydrogen (secondary N) is 1. The molecule has 0 aliphatic rings. The van der Waals surface area contributed by atoms with Gasteiger partial charge in [-0.25, -0.2) is 4.79 Å². The number of benzene rings is 1. The van der Waals surface area contributed by atoms with Crippen LogP contribution in [0.15, 0.2) is 34.8 Å². The lowest BCUT2D eigenvalue weighted by Crippen LogP contribution is -2.17. The largest absolute Gasteiger partial charge is 0.462 e. The van der Waals surface area contributed by atoms with Crippen molar-refractivity contribution < 1.29 is 14.3 Å². The molecule has 1 N–H and O–H groups in total. The summed E-state index contributed by atoms with van der Waals surface area (Å²) in [5.41, 5.74) is 2.29. The molecule has 0 unspecified atom stereocenters. The summed E-state index contributed by atoms with van der Waals surface area (Å²) < 4.78 is 7.37. The molecule has 0 saturated carbocycles. The molecule has 206 valence electrons. The topological polar surface area (TPSA) is 86.1 Å². The third kappa shape index (κ3) is 8.32. The van der Waals surface area contributed by atoms with Gasteiger partial charge in [0.2, 0.25) is 5.91 Å². The Labute approximate surface area is 238 Å². The van der Waals surface area contributed by atoms with Crippen molar-refractivity contribution >= 4 is 51.6 Å². The second-order valence-corrected chi connectivity index (χ2v) is 12.1. The van der Waals surface area contributed by atoms with Crippen molar-refractivity contribution in [1.82, 2.24) is 14.8 Å². The summed E-state index contributed by atoms with van der Waals surface area (Å²) in [5.74, 6) is 1.09. The lowest BCUT2D eigenvalue weighted by atomic mass is 10.0. The SMILES string of the molecule is CCCC[C@@H](C)Cn1c(SCC(=O)Nc2scc(CC(C)C)c2C(=O)OCC)nnc1-c1ccc(Cl)cc1. The molecular formula is C28H37ClN4O3S2. The number of unbranched alkanes of at least 4 members (excludes halogenated alkanes) is 1. The third-order valence-electron chi connectivity index (χ3n) is 5.92. The molecule has 2 aromatic heterocycles. The number of ether oxygens (including phenoxy) is 1. The molecular weight excluding hydrogens is 540 g/mol. The number of hydrogen-bond donors (Lipinski definition) is 1. The minimum absolute atomic E-state index is 0.141. The summed E-state index contributed by atoms with van der Waals surface area (Å²) in [6.45, 7) is 11.4. The number of carbonyl (C=O) groups excluding carboxylic acids is 2. The highest BCUT2D eigenvalue weighted by Gasteiger charge is 2.23. The van der Waals surface area contributed by atoms with E-state index in [2.05, 4.69) is 47.8 Å². The fourth-order valence-electron chi connectivity index (χ4n) is 4.12. The van der Waals surface area contributed by atoms with Gasteiger partial charge in [0, 0.05) is 17.1 Å². The Kier molecular flexibility index (Phi) is 11.7. The van der Waals surface area contributed by atoms with E-state index in [1.807, 2.05) is 29.6 Å². The number of rotatable bonds is 14. The Morgan fingerprint density at radius 2 is 1.89 bits per heavy atom. The number of anilines is 1. The van der Waals surface area contributed by atoms with Crippen molar-refractivity contribution in [1.29, 1.82) is 0 Å². The van der Waals surface area contributed by atoms with Crippen molar-refractivity contribution in [3.63, 3.8) is 0 Å². The van der Waals surface area contributed by atoms with E-state index in [9.17, 15) is 9.59 Å². The van der Waals surface area contributed by atoms with Crippen LogP contribution >= 0.6 is 34.7 Å². The van der Waals surface area contributed by atoms with Crippen LogP contribution < -0.4 is 5.32 Å². The number of thiophene rings is 1. The number of thioether (sulfide) groups is 1. The normalized spacial score (nSPS) is 12.1. The molecule has 3 aromatic rings. The first kappa shape index (κ1) is 30.2. The Balaban J connectivity index is 1.77. The molecule has 0 fully saturated rings. The monoisotopic (exact) mass is 576 g/mol. The average molecular weight is 577 g/mol. The second kappa shape index (κ2) is 14.7. The van der Waals surface area contributed by atoms with Crippen LogP contribution in [0, 0.1) is 11.8 Å². The number of amides is 1. The fraction of sp³-hybridized carbons (Fsp3) is 0.500. The third-order valence-corrected chi connectivity index (χ3v) is 8.09. The number of esters is 1. The van der Waals surface area contributed by atoms with Gasteiger partial charge in [0.25, 0.3) is 0 Å². The Morgan fingerprint density at radius 3 is 2.55 bits per heavy atom. The smallest absolute Gasteiger partial charge is 0.341 e. The number of hydrogen-bond acceptors (Lipinski definition) is 7. The number of carbonyl (C=O) groups is 2. The van der Waals surface area contributed by atoms with Gasteiger partial charge >= 0.3 is 5.97 Å². The van der Waals surface area contributed by atoms with E-state index in [1.54, 1.807) is 6.92 Å². The standard InChI is InChI=1S/C28H37ClN4O3S2/c1-6-8-9-19(5)15-33-25(20-10-12-22(29)13-11-20)31-32-28(33)38-17-23(34)30-26-24(27(35)36-7-2)21(16-37-26)14-18(3)4/h10-13,16,18-19H,6-9,14-15,17H2,1-5H3,(H,30,34)/t19-/m1/s1. The lowest BCUT2D eigenvalue weighted by Gasteiger charge is -2.16. The summed E-state index contributed by atoms with van der Waals surface area (Å²) in [4.78, 5) is 25.7. The minimum Gasteiger partial charge on any atom is -0.462 e. The maximum Gasteiger partial charge on any atom is 0.341 e. The highest BCUT2D eigenvalue weighted by molar-refractivity contribution is 7.99. The lowest BCUT2D eigenvalue weighted by molar-refractivity contribution is -0.113. The Morgan fingerprint density at radius 1 is 1.16 bits per heavy atom. The van der Waals surface area contributed by atoms with Crippen LogP contribution in [0.4, 0.5) is 5.00 Å². The molecule has 2 heterocycles. The molecule has 1 amide bonds. The molecule has 1 atom stereocenters. The van der Waals surface area contributed by atoms with Crippen molar-refractivity contribution in [2.45, 2.75) is 72.0 Å². The molecule has 0 aliphatic heterocycles. The van der Waals surface area contributed by atoms with Gasteiger partial charge in [-0.2, -0.15) is 0 Å². The van der Waals surface area contributed by atoms with Gasteiger partial charge in [-0.15, -0.1) is 21.5 Å². The van der Waals surface area contributed by atoms with Crippen LogP contribution in [-0.2, 0) is 22.5 Å². The van der Waals surface area contributed by atoms with E-state index >= 15 is 0 Å². The van der Waals surface area contributed by atoms with Gasteiger partial charge in [-0.3, -0.25) is 4.79 Å². The summed E-state index contributed by atoms with van der Waals surface area (Å²) >= 11 is 8.79. The molecule has 0 aliphatic carbocycles. The number of nitrogens with zero attached hydrogens (tertiary/aromatic N) is 3. The van der Waals surface area contributed by atoms with E-state index in [0.29, 0.717) is 32.6 Å². The maximum absolute atomic E-state index is 13.0. The van der Waals surface area contributed by atoms with E-state index in [0.717, 1.165) is 49.2 Å². The predicted octanol–water partition coefficient (Wildman–Crippen LogP) is 7.59. The van der Waals surface area contributed by atoms with Crippen LogP contribution in [0.1, 0.15) is 69.8 Å². The first-order valence-corrected chi connectivity index (χ1v) is 15.4. The predicted molar refractivity (Wildman–Crippen MR) is 157 cm³/mol. The summed E-state index contributed by atoms with van der Waals surface area (Å²) in [5, 5.41) is 15.6. The maximum atomic E-state index is 13.0. The second-order valence-electron chi connectivity index (χ2n) is 9.79. The van der Waals surface area contributed by atoms with Gasteiger partial charge in [0.1, 0.15) is 5.00 Å². The van der Waals surface area contributed by atoms with Gasteiger partial charge in [0.05, 0.1) is 17.9 Å². The van der Waals surface area contributed by atoms with E-state index < -0.39 is 5.97 Å². The van der Waals surface area contributed by atoms with Crippen LogP contribution in [0.2, 0.25) is 5.02 Å². The van der Waals surface area contributed by atoms with Crippen molar-refractivity contribution in [2.75, 3.05) is 17.7 Å². The summed E-state index contributed by atoms with van der Waals surface area (Å²) in [6, 6.07) is 7.55. The Bertz CT molecular complexity index is 1210. The molecule has 38 heavy (non-hydrogen) atoms. The molecule has 0 bridgehead atoms. The highest BCUT2D eigenvalue weighted by Crippen LogP contribution is 2.32. The van der Waals surface area contributed by atoms with Gasteiger partial charge in [-0.1, -0.05) is 63.9 Å². The van der Waals surface area contributed by atoms with Gasteiger partial charge < -0.3 is 14.6 Å². The zero-order chi connectivity index (χ0) is 27.7. The number of halogens is 1. The van der Waals surface area contributed by atoms with E-state index in [-0.39, 0.29) is 18.3 Å². The molecule has 0 spiro atoms. The summed E-state index contributed by atoms with van der Waals surface area (Å²) in [6.07, 6.45) is 4.15. The quantitative estimate of drug-likeness (QED) is 0.157. The average Bonchev–Trinajstić information content (AvgIpc) is 3.45. The molecule has 0 saturated heterocycles. The van der Waals surface area contributed by atoms with Crippen molar-refractivity contribution in [3.05, 3.63) is 45.8 Å². The van der Waals surface area contributed by atoms with Crippen molar-refractivity contribution in [2.24, 2.45) is 11.8 Å². The first-order valence-electron chi connectivity index (χ1n) is 13.1. The minimum atomic E-state index is -0.402. The van der Waals surface area contributed by atoms with Crippen LogP contribution in [0.3, 0.4) is 0 Å². The van der Waals surface area contributed by atoms with Crippen LogP contribution in [0.25, 0.3) is 11.4 Å².